The Balaban J connectivity index is 1.54. The maximum Gasteiger partial charge on any atom is 0.417 e. The summed E-state index contributed by atoms with van der Waals surface area (Å²) in [7, 11) is -0.461. The average Bonchev–Trinajstić information content (AvgIpc) is 2.89. The van der Waals surface area contributed by atoms with Gasteiger partial charge in [-0.1, -0.05) is 51.1 Å². The van der Waals surface area contributed by atoms with Crippen LogP contribution in [0.1, 0.15) is 62.9 Å². The van der Waals surface area contributed by atoms with Crippen LogP contribution in [0.4, 0.5) is 13.2 Å². The van der Waals surface area contributed by atoms with Crippen molar-refractivity contribution in [2.24, 2.45) is 11.3 Å². The Labute approximate surface area is 230 Å². The molecule has 39 heavy (non-hydrogen) atoms. The number of alkyl halides is 3. The van der Waals surface area contributed by atoms with Crippen LogP contribution in [0.3, 0.4) is 0 Å². The van der Waals surface area contributed by atoms with E-state index >= 15 is 0 Å². The molecule has 212 valence electrons. The van der Waals surface area contributed by atoms with Gasteiger partial charge in [0.25, 0.3) is 0 Å². The summed E-state index contributed by atoms with van der Waals surface area (Å²) in [5.74, 6) is 0.466. The van der Waals surface area contributed by atoms with Gasteiger partial charge in [-0.3, -0.25) is 14.7 Å². The molecule has 2 aliphatic heterocycles. The van der Waals surface area contributed by atoms with E-state index in [-0.39, 0.29) is 23.4 Å². The van der Waals surface area contributed by atoms with E-state index in [2.05, 4.69) is 30.7 Å². The van der Waals surface area contributed by atoms with Gasteiger partial charge in [0.05, 0.1) is 17.3 Å². The first-order chi connectivity index (χ1) is 18.3. The minimum atomic E-state index is -4.44. The normalized spacial score (nSPS) is 21.1. The highest BCUT2D eigenvalue weighted by Crippen LogP contribution is 2.36. The van der Waals surface area contributed by atoms with Crippen LogP contribution < -0.4 is 0 Å². The van der Waals surface area contributed by atoms with Crippen LogP contribution in [0, 0.1) is 11.3 Å². The third-order valence-corrected chi connectivity index (χ3v) is 8.25. The van der Waals surface area contributed by atoms with Crippen molar-refractivity contribution in [3.63, 3.8) is 0 Å². The summed E-state index contributed by atoms with van der Waals surface area (Å²) in [6.45, 7) is 11.5. The molecule has 1 amide bonds. The summed E-state index contributed by atoms with van der Waals surface area (Å²) >= 11 is 0. The standard InChI is InChI=1S/C29H40BF3N4O2/c1-28(2,3)25-20-35(16-17-37(25)26(38)18-21-12-14-36(15-13-21)30(4)39)27(22-8-6-5-7-9-22)24-11-10-23(19-34-24)29(31,32)33/h5-11,19,21,25,27,39H,12-18,20H2,1-4H3/t25-,27?/m1/s1. The number of carbonyl (C=O) groups excluding carboxylic acids is 1. The molecular formula is C29H40BF3N4O2. The Hall–Kier alpha value is -2.43. The third kappa shape index (κ3) is 7.21. The fraction of sp³-hybridized carbons (Fsp3) is 0.586. The van der Waals surface area contributed by atoms with E-state index in [4.69, 9.17) is 0 Å². The van der Waals surface area contributed by atoms with E-state index in [1.165, 1.54) is 6.07 Å². The van der Waals surface area contributed by atoms with Crippen molar-refractivity contribution in [1.82, 2.24) is 19.6 Å². The van der Waals surface area contributed by atoms with Gasteiger partial charge in [0.2, 0.25) is 5.91 Å². The lowest BCUT2D eigenvalue weighted by atomic mass is 9.80. The number of halogens is 3. The second-order valence-electron chi connectivity index (χ2n) is 12.1. The molecule has 4 rings (SSSR count). The fourth-order valence-corrected chi connectivity index (χ4v) is 5.91. The average molecular weight is 544 g/mol. The van der Waals surface area contributed by atoms with Crippen LogP contribution in [0.5, 0.6) is 0 Å². The molecule has 2 aliphatic rings. The van der Waals surface area contributed by atoms with E-state index in [1.807, 2.05) is 40.0 Å². The number of piperidine rings is 1. The summed E-state index contributed by atoms with van der Waals surface area (Å²) in [6.07, 6.45) is -1.24. The molecule has 0 radical (unpaired) electrons. The van der Waals surface area contributed by atoms with Gasteiger partial charge >= 0.3 is 13.2 Å². The number of amides is 1. The number of nitrogens with zero attached hydrogens (tertiary/aromatic N) is 4. The number of piperazine rings is 1. The number of carbonyl (C=O) groups is 1. The van der Waals surface area contributed by atoms with Gasteiger partial charge in [0, 0.05) is 38.3 Å². The van der Waals surface area contributed by atoms with E-state index in [1.54, 1.807) is 6.82 Å². The van der Waals surface area contributed by atoms with Crippen molar-refractivity contribution in [2.75, 3.05) is 32.7 Å². The molecule has 2 saturated heterocycles. The van der Waals surface area contributed by atoms with Crippen LogP contribution in [0.15, 0.2) is 48.7 Å². The van der Waals surface area contributed by atoms with Gasteiger partial charge in [-0.25, -0.2) is 0 Å². The van der Waals surface area contributed by atoms with E-state index < -0.39 is 18.8 Å². The predicted octanol–water partition coefficient (Wildman–Crippen LogP) is 4.96. The highest BCUT2D eigenvalue weighted by molar-refractivity contribution is 6.45. The van der Waals surface area contributed by atoms with Crippen molar-refractivity contribution in [1.29, 1.82) is 0 Å². The predicted molar refractivity (Wildman–Crippen MR) is 147 cm³/mol. The van der Waals surface area contributed by atoms with E-state index in [0.29, 0.717) is 37.7 Å². The number of hydrogen-bond donors (Lipinski definition) is 1. The number of rotatable bonds is 6. The minimum absolute atomic E-state index is 0.0584. The zero-order valence-electron chi connectivity index (χ0n) is 23.4. The van der Waals surface area contributed by atoms with Crippen molar-refractivity contribution in [3.05, 3.63) is 65.5 Å². The Bertz CT molecular complexity index is 1080. The molecular weight excluding hydrogens is 504 g/mol. The maximum absolute atomic E-state index is 13.6. The Kier molecular flexibility index (Phi) is 9.08. The van der Waals surface area contributed by atoms with Gasteiger partial charge in [0.15, 0.2) is 0 Å². The van der Waals surface area contributed by atoms with Crippen molar-refractivity contribution in [2.45, 2.75) is 65.1 Å². The smallest absolute Gasteiger partial charge is 0.417 e. The second-order valence-corrected chi connectivity index (χ2v) is 12.1. The van der Waals surface area contributed by atoms with Crippen LogP contribution in [0.2, 0.25) is 6.82 Å². The van der Waals surface area contributed by atoms with E-state index in [0.717, 1.165) is 43.8 Å². The van der Waals surface area contributed by atoms with Crippen LogP contribution in [-0.2, 0) is 11.0 Å². The summed E-state index contributed by atoms with van der Waals surface area (Å²) in [4.78, 5) is 24.2. The van der Waals surface area contributed by atoms with E-state index in [9.17, 15) is 23.0 Å². The number of hydrogen-bond acceptors (Lipinski definition) is 5. The molecule has 0 saturated carbocycles. The number of benzene rings is 1. The lowest BCUT2D eigenvalue weighted by molar-refractivity contribution is -0.141. The highest BCUT2D eigenvalue weighted by Gasteiger charge is 2.41. The first-order valence-corrected chi connectivity index (χ1v) is 13.9. The van der Waals surface area contributed by atoms with Crippen molar-refractivity contribution < 1.29 is 23.0 Å². The Morgan fingerprint density at radius 1 is 1.05 bits per heavy atom. The monoisotopic (exact) mass is 544 g/mol. The van der Waals surface area contributed by atoms with Crippen LogP contribution in [-0.4, -0.2) is 76.3 Å². The second kappa shape index (κ2) is 12.0. The molecule has 1 aromatic carbocycles. The van der Waals surface area contributed by atoms with Gasteiger partial charge < -0.3 is 14.7 Å². The van der Waals surface area contributed by atoms with Gasteiger partial charge in [-0.15, -0.1) is 0 Å². The zero-order chi connectivity index (χ0) is 28.4. The molecule has 2 fully saturated rings. The third-order valence-electron chi connectivity index (χ3n) is 8.25. The molecule has 1 unspecified atom stereocenters. The van der Waals surface area contributed by atoms with Crippen LogP contribution >= 0.6 is 0 Å². The quantitative estimate of drug-likeness (QED) is 0.521. The highest BCUT2D eigenvalue weighted by atomic mass is 19.4. The maximum atomic E-state index is 13.6. The molecule has 1 N–H and O–H groups in total. The molecule has 0 aliphatic carbocycles. The number of aromatic nitrogens is 1. The van der Waals surface area contributed by atoms with Gasteiger partial charge in [-0.2, -0.15) is 13.2 Å². The minimum Gasteiger partial charge on any atom is -0.437 e. The van der Waals surface area contributed by atoms with Gasteiger partial charge in [-0.05, 0) is 61.8 Å². The lowest BCUT2D eigenvalue weighted by Crippen LogP contribution is -2.60. The summed E-state index contributed by atoms with van der Waals surface area (Å²) in [5.41, 5.74) is 0.563. The largest absolute Gasteiger partial charge is 0.437 e. The molecule has 10 heteroatoms. The SMILES string of the molecule is CB(O)N1CCC(CC(=O)N2CCN(C(c3ccccc3)c3ccc(C(F)(F)F)cn3)C[C@@H]2C(C)(C)C)CC1. The molecule has 2 atom stereocenters. The first-order valence-electron chi connectivity index (χ1n) is 13.9. The molecule has 0 spiro atoms. The molecule has 6 nitrogen and oxygen atoms in total. The fourth-order valence-electron chi connectivity index (χ4n) is 5.91. The molecule has 2 aromatic rings. The Morgan fingerprint density at radius 3 is 2.26 bits per heavy atom. The lowest BCUT2D eigenvalue weighted by Gasteiger charge is -2.49. The van der Waals surface area contributed by atoms with Gasteiger partial charge in [0.1, 0.15) is 0 Å². The van der Waals surface area contributed by atoms with Crippen molar-refractivity contribution >= 4 is 13.0 Å². The molecule has 1 aromatic heterocycles. The van der Waals surface area contributed by atoms with Crippen molar-refractivity contribution in [3.8, 4) is 0 Å². The Morgan fingerprint density at radius 2 is 1.72 bits per heavy atom. The molecule has 0 bridgehead atoms. The van der Waals surface area contributed by atoms with Crippen LogP contribution in [0.25, 0.3) is 0 Å². The summed E-state index contributed by atoms with van der Waals surface area (Å²) in [5, 5.41) is 9.85. The topological polar surface area (TPSA) is 59.9 Å². The first kappa shape index (κ1) is 29.6. The number of pyridine rings is 1. The zero-order valence-corrected chi connectivity index (χ0v) is 23.4. The molecule has 3 heterocycles. The summed E-state index contributed by atoms with van der Waals surface area (Å²) in [6, 6.07) is 11.9. The summed E-state index contributed by atoms with van der Waals surface area (Å²) < 4.78 is 39.7.